The highest BCUT2D eigenvalue weighted by molar-refractivity contribution is 7.17. The van der Waals surface area contributed by atoms with Gasteiger partial charge in [0.2, 0.25) is 0 Å². The van der Waals surface area contributed by atoms with Crippen molar-refractivity contribution in [3.05, 3.63) is 70.7 Å². The molecule has 7 nitrogen and oxygen atoms in total. The van der Waals surface area contributed by atoms with Gasteiger partial charge < -0.3 is 10.6 Å². The van der Waals surface area contributed by atoms with Crippen LogP contribution in [-0.4, -0.2) is 56.8 Å². The van der Waals surface area contributed by atoms with Gasteiger partial charge in [0.15, 0.2) is 0 Å². The summed E-state index contributed by atoms with van der Waals surface area (Å²) >= 11 is 1.35. The number of carbonyl (C=O) groups excluding carboxylic acids is 1. The van der Waals surface area contributed by atoms with E-state index in [1.165, 1.54) is 23.5 Å². The summed E-state index contributed by atoms with van der Waals surface area (Å²) in [6.07, 6.45) is 0. The highest BCUT2D eigenvalue weighted by Gasteiger charge is 2.26. The minimum Gasteiger partial charge on any atom is -0.383 e. The van der Waals surface area contributed by atoms with Gasteiger partial charge >= 0.3 is 0 Å². The van der Waals surface area contributed by atoms with Crippen LogP contribution in [0.25, 0.3) is 21.5 Å². The molecule has 2 N–H and O–H groups in total. The molecule has 1 amide bonds. The van der Waals surface area contributed by atoms with E-state index in [1.54, 1.807) is 12.1 Å². The van der Waals surface area contributed by atoms with Gasteiger partial charge in [0.1, 0.15) is 27.3 Å². The zero-order valence-electron chi connectivity index (χ0n) is 18.2. The molecule has 2 aromatic heterocycles. The van der Waals surface area contributed by atoms with E-state index < -0.39 is 0 Å². The van der Waals surface area contributed by atoms with E-state index >= 15 is 0 Å². The largest absolute Gasteiger partial charge is 0.383 e. The third-order valence-electron chi connectivity index (χ3n) is 5.79. The molecule has 5 rings (SSSR count). The molecule has 0 atom stereocenters. The molecule has 0 radical (unpaired) electrons. The highest BCUT2D eigenvalue weighted by Crippen LogP contribution is 2.29. The predicted molar refractivity (Wildman–Crippen MR) is 127 cm³/mol. The van der Waals surface area contributed by atoms with Crippen molar-refractivity contribution < 1.29 is 9.18 Å². The number of nitrogens with two attached hydrogens (primary N) is 1. The Hall–Kier alpha value is -3.43. The summed E-state index contributed by atoms with van der Waals surface area (Å²) in [5.41, 5.74) is 8.46. The van der Waals surface area contributed by atoms with E-state index in [9.17, 15) is 9.18 Å². The molecule has 1 aliphatic rings. The van der Waals surface area contributed by atoms with Gasteiger partial charge in [-0.15, -0.1) is 11.3 Å². The third kappa shape index (κ3) is 4.42. The fraction of sp³-hybridized carbons (Fsp3) is 0.250. The third-order valence-corrected chi connectivity index (χ3v) is 6.98. The Balaban J connectivity index is 1.24. The van der Waals surface area contributed by atoms with Crippen molar-refractivity contribution >= 4 is 34.0 Å². The first kappa shape index (κ1) is 21.4. The number of anilines is 1. The maximum atomic E-state index is 13.2. The Morgan fingerprint density at radius 1 is 1.03 bits per heavy atom. The van der Waals surface area contributed by atoms with Crippen molar-refractivity contribution in [2.45, 2.75) is 13.5 Å². The van der Waals surface area contributed by atoms with Crippen LogP contribution in [0, 0.1) is 12.7 Å². The van der Waals surface area contributed by atoms with Crippen LogP contribution in [0.5, 0.6) is 0 Å². The number of halogens is 1. The molecule has 33 heavy (non-hydrogen) atoms. The van der Waals surface area contributed by atoms with E-state index in [1.807, 2.05) is 36.1 Å². The molecule has 0 bridgehead atoms. The Kier molecular flexibility index (Phi) is 5.74. The zero-order chi connectivity index (χ0) is 22.9. The van der Waals surface area contributed by atoms with Crippen molar-refractivity contribution in [3.63, 3.8) is 0 Å². The van der Waals surface area contributed by atoms with E-state index in [-0.39, 0.29) is 11.7 Å². The van der Waals surface area contributed by atoms with Crippen LogP contribution in [0.2, 0.25) is 0 Å². The van der Waals surface area contributed by atoms with E-state index in [4.69, 9.17) is 5.73 Å². The van der Waals surface area contributed by atoms with Gasteiger partial charge in [-0.05, 0) is 43.3 Å². The first-order valence-electron chi connectivity index (χ1n) is 10.7. The molecule has 0 aliphatic carbocycles. The summed E-state index contributed by atoms with van der Waals surface area (Å²) in [5, 5.41) is 1.58. The summed E-state index contributed by atoms with van der Waals surface area (Å²) in [7, 11) is 0. The number of hydrogen-bond donors (Lipinski definition) is 1. The Morgan fingerprint density at radius 2 is 1.76 bits per heavy atom. The van der Waals surface area contributed by atoms with Crippen LogP contribution in [0.1, 0.15) is 21.2 Å². The Morgan fingerprint density at radius 3 is 2.52 bits per heavy atom. The maximum Gasteiger partial charge on any atom is 0.265 e. The van der Waals surface area contributed by atoms with Gasteiger partial charge in [-0.1, -0.05) is 12.1 Å². The smallest absolute Gasteiger partial charge is 0.265 e. The predicted octanol–water partition coefficient (Wildman–Crippen LogP) is 3.74. The van der Waals surface area contributed by atoms with Gasteiger partial charge in [-0.2, -0.15) is 0 Å². The summed E-state index contributed by atoms with van der Waals surface area (Å²) in [6, 6.07) is 13.9. The number of aromatic nitrogens is 3. The van der Waals surface area contributed by atoms with Crippen LogP contribution in [0.3, 0.4) is 0 Å². The molecule has 0 spiro atoms. The molecular formula is C24H23FN6OS. The van der Waals surface area contributed by atoms with Crippen LogP contribution in [0.15, 0.2) is 48.5 Å². The van der Waals surface area contributed by atoms with E-state index in [0.29, 0.717) is 41.8 Å². The van der Waals surface area contributed by atoms with Gasteiger partial charge in [0.05, 0.1) is 17.8 Å². The first-order chi connectivity index (χ1) is 16.0. The summed E-state index contributed by atoms with van der Waals surface area (Å²) < 4.78 is 13.2. The van der Waals surface area contributed by atoms with Crippen molar-refractivity contribution in [1.29, 1.82) is 0 Å². The average molecular weight is 463 g/mol. The van der Waals surface area contributed by atoms with Crippen LogP contribution >= 0.6 is 11.3 Å². The molecule has 1 fully saturated rings. The minimum atomic E-state index is -0.294. The van der Waals surface area contributed by atoms with Crippen molar-refractivity contribution in [3.8, 4) is 10.6 Å². The second kappa shape index (κ2) is 8.84. The molecule has 1 saturated heterocycles. The molecule has 3 heterocycles. The lowest BCUT2D eigenvalue weighted by Gasteiger charge is -2.34. The number of amides is 1. The fourth-order valence-electron chi connectivity index (χ4n) is 3.99. The average Bonchev–Trinajstić information content (AvgIpc) is 3.21. The molecule has 0 saturated carbocycles. The summed E-state index contributed by atoms with van der Waals surface area (Å²) in [5.74, 6) is 0.873. The first-order valence-corrected chi connectivity index (χ1v) is 11.6. The Bertz CT molecular complexity index is 1310. The van der Waals surface area contributed by atoms with Crippen LogP contribution in [0.4, 0.5) is 10.2 Å². The second-order valence-electron chi connectivity index (χ2n) is 8.05. The number of para-hydroxylation sites is 1. The summed E-state index contributed by atoms with van der Waals surface area (Å²) in [6.45, 7) is 5.12. The van der Waals surface area contributed by atoms with Crippen molar-refractivity contribution in [2.24, 2.45) is 0 Å². The van der Waals surface area contributed by atoms with E-state index in [0.717, 1.165) is 34.6 Å². The van der Waals surface area contributed by atoms with Crippen molar-refractivity contribution in [2.75, 3.05) is 31.9 Å². The lowest BCUT2D eigenvalue weighted by atomic mass is 10.2. The summed E-state index contributed by atoms with van der Waals surface area (Å²) in [4.78, 5) is 31.5. The lowest BCUT2D eigenvalue weighted by molar-refractivity contribution is 0.0629. The molecule has 1 aliphatic heterocycles. The van der Waals surface area contributed by atoms with Gasteiger partial charge in [0, 0.05) is 37.1 Å². The number of rotatable bonds is 4. The molecule has 9 heteroatoms. The monoisotopic (exact) mass is 462 g/mol. The molecule has 0 unspecified atom stereocenters. The molecule has 2 aromatic carbocycles. The minimum absolute atomic E-state index is 0.00999. The van der Waals surface area contributed by atoms with E-state index in [2.05, 4.69) is 19.9 Å². The quantitative estimate of drug-likeness (QED) is 0.497. The number of hydrogen-bond acceptors (Lipinski definition) is 7. The highest BCUT2D eigenvalue weighted by atomic mass is 32.1. The fourth-order valence-corrected chi connectivity index (χ4v) is 5.02. The Labute approximate surface area is 194 Å². The second-order valence-corrected chi connectivity index (χ2v) is 9.05. The standard InChI is InChI=1S/C24H23FN6OS/c1-15-21(33-23(27-15)16-6-8-17(25)9-7-16)24(32)31-12-10-30(11-13-31)14-20-28-19-5-3-2-4-18(19)22(26)29-20/h2-9H,10-14H2,1H3,(H2,26,28,29). The normalized spacial score (nSPS) is 14.7. The van der Waals surface area contributed by atoms with Crippen molar-refractivity contribution in [1.82, 2.24) is 24.8 Å². The lowest BCUT2D eigenvalue weighted by Crippen LogP contribution is -2.48. The zero-order valence-corrected chi connectivity index (χ0v) is 19.0. The number of nitrogens with zero attached hydrogens (tertiary/aromatic N) is 5. The van der Waals surface area contributed by atoms with Crippen LogP contribution in [-0.2, 0) is 6.54 Å². The molecule has 168 valence electrons. The number of benzene rings is 2. The molecular weight excluding hydrogens is 439 g/mol. The van der Waals surface area contributed by atoms with Gasteiger partial charge in [-0.25, -0.2) is 19.3 Å². The van der Waals surface area contributed by atoms with Gasteiger partial charge in [0.25, 0.3) is 5.91 Å². The number of carbonyl (C=O) groups is 1. The van der Waals surface area contributed by atoms with Crippen LogP contribution < -0.4 is 5.73 Å². The molecule has 4 aromatic rings. The number of thiazole rings is 1. The number of nitrogen functional groups attached to an aromatic ring is 1. The number of aryl methyl sites for hydroxylation is 1. The topological polar surface area (TPSA) is 88.2 Å². The SMILES string of the molecule is Cc1nc(-c2ccc(F)cc2)sc1C(=O)N1CCN(Cc2nc(N)c3ccccc3n2)CC1. The number of piperazine rings is 1. The van der Waals surface area contributed by atoms with Gasteiger partial charge in [-0.3, -0.25) is 9.69 Å². The number of fused-ring (bicyclic) bond motifs is 1. The maximum absolute atomic E-state index is 13.2.